The largest absolute Gasteiger partial charge is 0.573 e. The molecule has 0 saturated heterocycles. The van der Waals surface area contributed by atoms with Gasteiger partial charge in [-0.2, -0.15) is 5.10 Å². The number of hydrogen-bond acceptors (Lipinski definition) is 4. The Hall–Kier alpha value is -2.06. The lowest BCUT2D eigenvalue weighted by atomic mass is 10.1. The molecule has 0 fully saturated rings. The quantitative estimate of drug-likeness (QED) is 0.859. The Morgan fingerprint density at radius 3 is 2.55 bits per heavy atom. The molecule has 0 spiro atoms. The number of benzene rings is 1. The van der Waals surface area contributed by atoms with E-state index in [0.29, 0.717) is 13.1 Å². The van der Waals surface area contributed by atoms with Gasteiger partial charge in [0.05, 0.1) is 5.69 Å². The van der Waals surface area contributed by atoms with Crippen molar-refractivity contribution in [3.63, 3.8) is 0 Å². The first-order valence-corrected chi connectivity index (χ1v) is 6.66. The standard InChI is InChI=1S/C14H17F3N4O/c1-21(7-6-18)9-13-12(8-19-20-13)10-2-4-11(5-3-10)22-14(15,16)17/h2-5,8H,6-7,9,18H2,1H3,(H,19,20). The molecule has 1 aromatic carbocycles. The third-order valence-corrected chi connectivity index (χ3v) is 3.05. The Morgan fingerprint density at radius 2 is 1.95 bits per heavy atom. The molecule has 3 N–H and O–H groups in total. The van der Waals surface area contributed by atoms with Crippen LogP contribution in [0.3, 0.4) is 0 Å². The molecular weight excluding hydrogens is 297 g/mol. The molecular formula is C14H17F3N4O. The van der Waals surface area contributed by atoms with Gasteiger partial charge in [-0.25, -0.2) is 0 Å². The van der Waals surface area contributed by atoms with Crippen LogP contribution in [0.2, 0.25) is 0 Å². The summed E-state index contributed by atoms with van der Waals surface area (Å²) in [6.07, 6.45) is -2.97. The van der Waals surface area contributed by atoms with Gasteiger partial charge in [-0.3, -0.25) is 10.00 Å². The molecule has 1 heterocycles. The van der Waals surface area contributed by atoms with Crippen molar-refractivity contribution in [3.05, 3.63) is 36.2 Å². The molecule has 120 valence electrons. The Bertz CT molecular complexity index is 595. The van der Waals surface area contributed by atoms with Crippen LogP contribution in [0.25, 0.3) is 11.1 Å². The predicted octanol–water partition coefficient (Wildman–Crippen LogP) is 2.37. The van der Waals surface area contributed by atoms with E-state index in [1.807, 2.05) is 11.9 Å². The van der Waals surface area contributed by atoms with E-state index in [-0.39, 0.29) is 5.75 Å². The van der Waals surface area contributed by atoms with Crippen LogP contribution in [0.4, 0.5) is 13.2 Å². The second-order valence-corrected chi connectivity index (χ2v) is 4.84. The van der Waals surface area contributed by atoms with Crippen molar-refractivity contribution in [2.24, 2.45) is 5.73 Å². The summed E-state index contributed by atoms with van der Waals surface area (Å²) in [6, 6.07) is 5.70. The minimum absolute atomic E-state index is 0.249. The highest BCUT2D eigenvalue weighted by Crippen LogP contribution is 2.27. The minimum atomic E-state index is -4.69. The van der Waals surface area contributed by atoms with Crippen LogP contribution < -0.4 is 10.5 Å². The molecule has 5 nitrogen and oxygen atoms in total. The fraction of sp³-hybridized carbons (Fsp3) is 0.357. The molecule has 0 aliphatic heterocycles. The number of likely N-dealkylation sites (N-methyl/N-ethyl adjacent to an activating group) is 1. The molecule has 0 aliphatic rings. The zero-order valence-electron chi connectivity index (χ0n) is 12.0. The van der Waals surface area contributed by atoms with Gasteiger partial charge in [0.15, 0.2) is 0 Å². The van der Waals surface area contributed by atoms with Gasteiger partial charge in [0, 0.05) is 31.4 Å². The summed E-state index contributed by atoms with van der Waals surface area (Å²) in [6.45, 7) is 1.86. The topological polar surface area (TPSA) is 67.2 Å². The summed E-state index contributed by atoms with van der Waals surface area (Å²) in [7, 11) is 1.92. The fourth-order valence-electron chi connectivity index (χ4n) is 2.08. The molecule has 2 aromatic rings. The summed E-state index contributed by atoms with van der Waals surface area (Å²) in [5.74, 6) is -0.249. The number of aromatic amines is 1. The first-order chi connectivity index (χ1) is 10.4. The smallest absolute Gasteiger partial charge is 0.406 e. The van der Waals surface area contributed by atoms with Crippen molar-refractivity contribution in [1.29, 1.82) is 0 Å². The Labute approximate surface area is 125 Å². The van der Waals surface area contributed by atoms with E-state index >= 15 is 0 Å². The number of halogens is 3. The average Bonchev–Trinajstić information content (AvgIpc) is 2.86. The van der Waals surface area contributed by atoms with Crippen LogP contribution in [0, 0.1) is 0 Å². The number of ether oxygens (including phenoxy) is 1. The third kappa shape index (κ3) is 4.47. The number of nitrogens with one attached hydrogen (secondary N) is 1. The van der Waals surface area contributed by atoms with Crippen LogP contribution in [0.1, 0.15) is 5.69 Å². The van der Waals surface area contributed by atoms with Crippen molar-refractivity contribution in [1.82, 2.24) is 15.1 Å². The first-order valence-electron chi connectivity index (χ1n) is 6.66. The van der Waals surface area contributed by atoms with Crippen molar-refractivity contribution >= 4 is 0 Å². The lowest BCUT2D eigenvalue weighted by molar-refractivity contribution is -0.274. The Morgan fingerprint density at radius 1 is 1.27 bits per heavy atom. The second-order valence-electron chi connectivity index (χ2n) is 4.84. The predicted molar refractivity (Wildman–Crippen MR) is 76.1 cm³/mol. The molecule has 0 atom stereocenters. The second kappa shape index (κ2) is 6.80. The van der Waals surface area contributed by atoms with E-state index < -0.39 is 6.36 Å². The third-order valence-electron chi connectivity index (χ3n) is 3.05. The molecule has 0 unspecified atom stereocenters. The van der Waals surface area contributed by atoms with E-state index in [1.165, 1.54) is 12.1 Å². The van der Waals surface area contributed by atoms with Crippen molar-refractivity contribution in [2.75, 3.05) is 20.1 Å². The number of H-pyrrole nitrogens is 1. The lowest BCUT2D eigenvalue weighted by Gasteiger charge is -2.14. The molecule has 0 aliphatic carbocycles. The normalized spacial score (nSPS) is 11.9. The molecule has 2 rings (SSSR count). The molecule has 0 bridgehead atoms. The zero-order valence-corrected chi connectivity index (χ0v) is 12.0. The van der Waals surface area contributed by atoms with Gasteiger partial charge in [0.2, 0.25) is 0 Å². The van der Waals surface area contributed by atoms with Gasteiger partial charge in [0.25, 0.3) is 0 Å². The van der Waals surface area contributed by atoms with Gasteiger partial charge in [-0.15, -0.1) is 13.2 Å². The number of nitrogens with zero attached hydrogens (tertiary/aromatic N) is 2. The van der Waals surface area contributed by atoms with E-state index in [1.54, 1.807) is 18.3 Å². The van der Waals surface area contributed by atoms with Crippen molar-refractivity contribution in [2.45, 2.75) is 12.9 Å². The van der Waals surface area contributed by atoms with E-state index in [0.717, 1.165) is 23.4 Å². The zero-order chi connectivity index (χ0) is 16.2. The molecule has 0 saturated carbocycles. The number of rotatable bonds is 6. The number of alkyl halides is 3. The SMILES string of the molecule is CN(CCN)Cc1n[nH]cc1-c1ccc(OC(F)(F)F)cc1. The highest BCUT2D eigenvalue weighted by molar-refractivity contribution is 5.65. The van der Waals surface area contributed by atoms with Crippen molar-refractivity contribution in [3.8, 4) is 16.9 Å². The molecule has 22 heavy (non-hydrogen) atoms. The summed E-state index contributed by atoms with van der Waals surface area (Å²) in [4.78, 5) is 2.01. The number of hydrogen-bond donors (Lipinski definition) is 2. The molecule has 1 aromatic heterocycles. The van der Waals surface area contributed by atoms with Crippen LogP contribution in [0.15, 0.2) is 30.5 Å². The lowest BCUT2D eigenvalue weighted by Crippen LogP contribution is -2.25. The maximum atomic E-state index is 12.1. The minimum Gasteiger partial charge on any atom is -0.406 e. The van der Waals surface area contributed by atoms with Gasteiger partial charge < -0.3 is 10.5 Å². The number of aromatic nitrogens is 2. The maximum Gasteiger partial charge on any atom is 0.573 e. The van der Waals surface area contributed by atoms with E-state index in [2.05, 4.69) is 14.9 Å². The summed E-state index contributed by atoms with van der Waals surface area (Å²) < 4.78 is 40.3. The Kier molecular flexibility index (Phi) is 5.04. The van der Waals surface area contributed by atoms with E-state index in [4.69, 9.17) is 5.73 Å². The summed E-state index contributed by atoms with van der Waals surface area (Å²) >= 11 is 0. The monoisotopic (exact) mass is 314 g/mol. The number of nitrogens with two attached hydrogens (primary N) is 1. The van der Waals surface area contributed by atoms with Crippen LogP contribution in [-0.2, 0) is 6.54 Å². The van der Waals surface area contributed by atoms with Crippen LogP contribution in [0.5, 0.6) is 5.75 Å². The van der Waals surface area contributed by atoms with Gasteiger partial charge in [-0.1, -0.05) is 12.1 Å². The average molecular weight is 314 g/mol. The van der Waals surface area contributed by atoms with Gasteiger partial charge in [-0.05, 0) is 24.7 Å². The maximum absolute atomic E-state index is 12.1. The molecule has 8 heteroatoms. The van der Waals surface area contributed by atoms with Crippen LogP contribution >= 0.6 is 0 Å². The summed E-state index contributed by atoms with van der Waals surface area (Å²) in [5, 5.41) is 6.96. The highest BCUT2D eigenvalue weighted by Gasteiger charge is 2.31. The van der Waals surface area contributed by atoms with Crippen molar-refractivity contribution < 1.29 is 17.9 Å². The summed E-state index contributed by atoms with van der Waals surface area (Å²) in [5.41, 5.74) is 7.90. The van der Waals surface area contributed by atoms with Gasteiger partial charge in [0.1, 0.15) is 5.75 Å². The Balaban J connectivity index is 2.14. The first kappa shape index (κ1) is 16.3. The molecule has 0 radical (unpaired) electrons. The highest BCUT2D eigenvalue weighted by atomic mass is 19.4. The molecule has 0 amide bonds. The van der Waals surface area contributed by atoms with E-state index in [9.17, 15) is 13.2 Å². The van der Waals surface area contributed by atoms with Gasteiger partial charge >= 0.3 is 6.36 Å². The fourth-order valence-corrected chi connectivity index (χ4v) is 2.08. The van der Waals surface area contributed by atoms with Crippen LogP contribution in [-0.4, -0.2) is 41.6 Å².